The molecule has 4 aromatic carbocycles. The largest absolute Gasteiger partial charge is 0.481 e. The van der Waals surface area contributed by atoms with Gasteiger partial charge in [-0.3, -0.25) is 4.79 Å². The van der Waals surface area contributed by atoms with Crippen molar-refractivity contribution < 1.29 is 14.4 Å². The average molecular weight is 473 g/mol. The molecular weight excluding hydrogens is 448 g/mol. The zero-order valence-electron chi connectivity index (χ0n) is 19.6. The molecule has 5 nitrogen and oxygen atoms in total. The molecule has 6 aromatic rings. The lowest BCUT2D eigenvalue weighted by Crippen LogP contribution is -1.98. The van der Waals surface area contributed by atoms with Gasteiger partial charge in [0, 0.05) is 29.1 Å². The van der Waals surface area contributed by atoms with Crippen LogP contribution in [0.5, 0.6) is 0 Å². The molecule has 36 heavy (non-hydrogen) atoms. The molecule has 0 aliphatic heterocycles. The molecule has 1 N–H and O–H groups in total. The maximum Gasteiger partial charge on any atom is 0.303 e. The minimum absolute atomic E-state index is 0.177. The van der Waals surface area contributed by atoms with E-state index in [0.717, 1.165) is 45.5 Å². The van der Waals surface area contributed by atoms with Crippen LogP contribution >= 0.6 is 0 Å². The normalized spacial score (nSPS) is 11.3. The monoisotopic (exact) mass is 472 g/mol. The van der Waals surface area contributed by atoms with Crippen LogP contribution in [0.3, 0.4) is 0 Å². The number of hydrogen-bond acceptors (Lipinski definition) is 3. The van der Waals surface area contributed by atoms with Gasteiger partial charge in [-0.2, -0.15) is 0 Å². The Bertz CT molecular complexity index is 1680. The van der Waals surface area contributed by atoms with E-state index in [1.54, 1.807) is 0 Å². The van der Waals surface area contributed by atoms with Crippen LogP contribution in [0.15, 0.2) is 108 Å². The maximum absolute atomic E-state index is 10.9. The Hall–Kier alpha value is -4.64. The number of rotatable bonds is 7. The molecule has 0 saturated heterocycles. The number of carbonyl (C=O) groups is 1. The van der Waals surface area contributed by atoms with Crippen molar-refractivity contribution in [2.24, 2.45) is 0 Å². The van der Waals surface area contributed by atoms with Crippen molar-refractivity contribution in [2.45, 2.75) is 19.3 Å². The lowest BCUT2D eigenvalue weighted by Gasteiger charge is -2.11. The van der Waals surface area contributed by atoms with Crippen LogP contribution in [0.25, 0.3) is 50.1 Å². The summed E-state index contributed by atoms with van der Waals surface area (Å²) in [6.45, 7) is 0. The summed E-state index contributed by atoms with van der Waals surface area (Å²) in [5.74, 6) is -0.0658. The van der Waals surface area contributed by atoms with Crippen LogP contribution in [-0.2, 0) is 11.2 Å². The van der Waals surface area contributed by atoms with E-state index in [0.29, 0.717) is 12.2 Å². The fourth-order valence-corrected chi connectivity index (χ4v) is 4.82. The van der Waals surface area contributed by atoms with Gasteiger partial charge in [0.2, 0.25) is 0 Å². The second-order valence-corrected chi connectivity index (χ2v) is 8.94. The Balaban J connectivity index is 1.48. The van der Waals surface area contributed by atoms with Crippen molar-refractivity contribution in [3.8, 4) is 28.4 Å². The van der Waals surface area contributed by atoms with Crippen molar-refractivity contribution in [1.82, 2.24) is 9.72 Å². The summed E-state index contributed by atoms with van der Waals surface area (Å²) in [5, 5.41) is 16.8. The second kappa shape index (κ2) is 9.19. The molecule has 176 valence electrons. The highest BCUT2D eigenvalue weighted by atomic mass is 16.5. The predicted molar refractivity (Wildman–Crippen MR) is 142 cm³/mol. The van der Waals surface area contributed by atoms with Gasteiger partial charge >= 0.3 is 5.97 Å². The molecule has 0 bridgehead atoms. The van der Waals surface area contributed by atoms with E-state index >= 15 is 0 Å². The summed E-state index contributed by atoms with van der Waals surface area (Å²) in [6.07, 6.45) is 1.54. The third kappa shape index (κ3) is 4.05. The number of fused-ring (bicyclic) bond motifs is 3. The van der Waals surface area contributed by atoms with Crippen LogP contribution in [0.2, 0.25) is 0 Å². The fraction of sp³-hybridized carbons (Fsp3) is 0.0968. The lowest BCUT2D eigenvalue weighted by atomic mass is 10.1. The van der Waals surface area contributed by atoms with Crippen molar-refractivity contribution in [3.05, 3.63) is 109 Å². The molecule has 0 aliphatic carbocycles. The third-order valence-corrected chi connectivity index (χ3v) is 6.59. The lowest BCUT2D eigenvalue weighted by molar-refractivity contribution is -0.137. The van der Waals surface area contributed by atoms with Gasteiger partial charge in [0.05, 0.1) is 11.2 Å². The summed E-state index contributed by atoms with van der Waals surface area (Å²) >= 11 is 0. The number of aliphatic carboxylic acids is 1. The van der Waals surface area contributed by atoms with Crippen LogP contribution < -0.4 is 0 Å². The zero-order chi connectivity index (χ0) is 24.5. The molecule has 2 aromatic heterocycles. The molecule has 0 amide bonds. The first-order valence-electron chi connectivity index (χ1n) is 12.0. The Morgan fingerprint density at radius 2 is 1.61 bits per heavy atom. The van der Waals surface area contributed by atoms with E-state index < -0.39 is 5.97 Å². The minimum atomic E-state index is -0.760. The Morgan fingerprint density at radius 3 is 2.42 bits per heavy atom. The first-order valence-corrected chi connectivity index (χ1v) is 12.0. The zero-order valence-corrected chi connectivity index (χ0v) is 19.6. The maximum atomic E-state index is 10.9. The fourth-order valence-electron chi connectivity index (χ4n) is 4.82. The van der Waals surface area contributed by atoms with Crippen LogP contribution in [0.4, 0.5) is 0 Å². The second-order valence-electron chi connectivity index (χ2n) is 8.94. The highest BCUT2D eigenvalue weighted by molar-refractivity contribution is 6.09. The molecule has 0 fully saturated rings. The van der Waals surface area contributed by atoms with E-state index in [2.05, 4.69) is 76.5 Å². The number of nitrogens with zero attached hydrogens (tertiary/aromatic N) is 2. The Morgan fingerprint density at radius 1 is 0.833 bits per heavy atom. The van der Waals surface area contributed by atoms with E-state index in [1.807, 2.05) is 36.4 Å². The molecule has 2 heterocycles. The topological polar surface area (TPSA) is 68.3 Å². The van der Waals surface area contributed by atoms with Crippen LogP contribution in [0.1, 0.15) is 18.4 Å². The summed E-state index contributed by atoms with van der Waals surface area (Å²) < 4.78 is 8.09. The minimum Gasteiger partial charge on any atom is -0.481 e. The van der Waals surface area contributed by atoms with Crippen LogP contribution in [0, 0.1) is 0 Å². The summed E-state index contributed by atoms with van der Waals surface area (Å²) in [4.78, 5) is 10.9. The van der Waals surface area contributed by atoms with Gasteiger partial charge in [-0.1, -0.05) is 78.0 Å². The van der Waals surface area contributed by atoms with Gasteiger partial charge in [-0.15, -0.1) is 0 Å². The number of carboxylic acid groups (broad SMARTS) is 1. The molecular formula is C31H24N2O3. The molecule has 0 unspecified atom stereocenters. The number of aromatic nitrogens is 2. The van der Waals surface area contributed by atoms with E-state index in [1.165, 1.54) is 10.8 Å². The molecule has 0 aliphatic rings. The molecule has 0 saturated carbocycles. The van der Waals surface area contributed by atoms with Crippen molar-refractivity contribution in [1.29, 1.82) is 0 Å². The quantitative estimate of drug-likeness (QED) is 0.261. The van der Waals surface area contributed by atoms with Gasteiger partial charge < -0.3 is 14.2 Å². The van der Waals surface area contributed by atoms with Gasteiger partial charge in [0.15, 0.2) is 5.76 Å². The van der Waals surface area contributed by atoms with Crippen molar-refractivity contribution in [3.63, 3.8) is 0 Å². The van der Waals surface area contributed by atoms with Gasteiger partial charge in [0.25, 0.3) is 0 Å². The summed E-state index contributed by atoms with van der Waals surface area (Å²) in [6, 6.07) is 35.2. The molecule has 0 radical (unpaired) electrons. The Kier molecular flexibility index (Phi) is 5.58. The average Bonchev–Trinajstić information content (AvgIpc) is 3.55. The van der Waals surface area contributed by atoms with E-state index in [9.17, 15) is 4.79 Å². The van der Waals surface area contributed by atoms with Crippen LogP contribution in [-0.4, -0.2) is 20.8 Å². The highest BCUT2D eigenvalue weighted by Crippen LogP contribution is 2.36. The number of aryl methyl sites for hydroxylation is 1. The van der Waals surface area contributed by atoms with Gasteiger partial charge in [-0.05, 0) is 53.4 Å². The Labute approximate surface area is 208 Å². The number of hydrogen-bond donors (Lipinski definition) is 1. The SMILES string of the molecule is O=C(O)CCCc1ccc(-n2c(-c3cc(-c4ccccc4)no3)cc3c4ccccc4ccc32)cc1. The molecule has 5 heteroatoms. The van der Waals surface area contributed by atoms with Crippen molar-refractivity contribution >= 4 is 27.6 Å². The first kappa shape index (κ1) is 21.9. The smallest absolute Gasteiger partial charge is 0.303 e. The molecule has 0 atom stereocenters. The molecule has 6 rings (SSSR count). The summed E-state index contributed by atoms with van der Waals surface area (Å²) in [5.41, 5.74) is 5.94. The van der Waals surface area contributed by atoms with E-state index in [-0.39, 0.29) is 6.42 Å². The third-order valence-electron chi connectivity index (χ3n) is 6.59. The number of carboxylic acids is 1. The molecule has 0 spiro atoms. The number of benzene rings is 4. The van der Waals surface area contributed by atoms with Gasteiger partial charge in [0.1, 0.15) is 5.69 Å². The highest BCUT2D eigenvalue weighted by Gasteiger charge is 2.18. The standard InChI is InChI=1S/C31H24N2O3/c34-31(35)12-6-7-21-13-16-24(17-14-21)33-28-18-15-22-8-4-5-11-25(22)26(28)19-29(33)30-20-27(32-36-30)23-9-2-1-3-10-23/h1-5,8-11,13-20H,6-7,12H2,(H,34,35). The first-order chi connectivity index (χ1) is 17.7. The van der Waals surface area contributed by atoms with Gasteiger partial charge in [-0.25, -0.2) is 0 Å². The van der Waals surface area contributed by atoms with Crippen molar-refractivity contribution in [2.75, 3.05) is 0 Å². The van der Waals surface area contributed by atoms with E-state index in [4.69, 9.17) is 9.63 Å². The predicted octanol–water partition coefficient (Wildman–Crippen LogP) is 7.51. The summed E-state index contributed by atoms with van der Waals surface area (Å²) in [7, 11) is 0.